The Kier molecular flexibility index (Phi) is 3.78. The fourth-order valence-electron chi connectivity index (χ4n) is 1.12. The summed E-state index contributed by atoms with van der Waals surface area (Å²) < 4.78 is 0. The Labute approximate surface area is 97.0 Å². The van der Waals surface area contributed by atoms with E-state index in [9.17, 15) is 14.9 Å². The molecule has 0 atom stereocenters. The molecule has 1 aromatic rings. The Balaban J connectivity index is 3.09. The number of hydrogen-bond donors (Lipinski definition) is 0. The van der Waals surface area contributed by atoms with Gasteiger partial charge in [0.15, 0.2) is 0 Å². The second-order valence-corrected chi connectivity index (χ2v) is 3.69. The van der Waals surface area contributed by atoms with E-state index in [0.29, 0.717) is 0 Å². The number of rotatable bonds is 3. The van der Waals surface area contributed by atoms with Crippen LogP contribution in [0.15, 0.2) is 12.3 Å². The molecule has 1 heterocycles. The van der Waals surface area contributed by atoms with Crippen molar-refractivity contribution in [2.75, 3.05) is 14.1 Å². The number of likely N-dealkylation sites (N-methyl/N-ethyl adjacent to an activating group) is 1. The maximum Gasteiger partial charge on any atom is 0.310 e. The van der Waals surface area contributed by atoms with Gasteiger partial charge in [-0.3, -0.25) is 14.9 Å². The van der Waals surface area contributed by atoms with Gasteiger partial charge in [0, 0.05) is 25.9 Å². The van der Waals surface area contributed by atoms with Crippen LogP contribution in [-0.2, 0) is 11.2 Å². The molecule has 7 heteroatoms. The Hall–Kier alpha value is -1.69. The monoisotopic (exact) mass is 243 g/mol. The standard InChI is InChI=1S/C9H10ClN3O3/c1-12(2)7(14)5-6-3-4-11-9(10)8(6)13(15)16/h3-4H,5H2,1-2H3. The zero-order chi connectivity index (χ0) is 12.3. The minimum Gasteiger partial charge on any atom is -0.349 e. The van der Waals surface area contributed by atoms with E-state index in [4.69, 9.17) is 11.6 Å². The van der Waals surface area contributed by atoms with E-state index in [1.165, 1.54) is 17.2 Å². The SMILES string of the molecule is CN(C)C(=O)Cc1ccnc(Cl)c1[N+](=O)[O-]. The summed E-state index contributed by atoms with van der Waals surface area (Å²) in [5.41, 5.74) is -0.0388. The predicted octanol–water partition coefficient (Wildman–Crippen LogP) is 1.27. The second kappa shape index (κ2) is 4.89. The summed E-state index contributed by atoms with van der Waals surface area (Å²) >= 11 is 5.61. The normalized spacial score (nSPS) is 9.94. The lowest BCUT2D eigenvalue weighted by Gasteiger charge is -2.10. The molecule has 0 radical (unpaired) electrons. The largest absolute Gasteiger partial charge is 0.349 e. The smallest absolute Gasteiger partial charge is 0.310 e. The van der Waals surface area contributed by atoms with E-state index in [2.05, 4.69) is 4.98 Å². The molecular weight excluding hydrogens is 234 g/mol. The molecule has 0 aliphatic rings. The van der Waals surface area contributed by atoms with Crippen LogP contribution >= 0.6 is 11.6 Å². The highest BCUT2D eigenvalue weighted by Crippen LogP contribution is 2.26. The number of pyridine rings is 1. The average Bonchev–Trinajstić information content (AvgIpc) is 2.16. The van der Waals surface area contributed by atoms with Crippen LogP contribution in [0.5, 0.6) is 0 Å². The molecule has 1 aromatic heterocycles. The van der Waals surface area contributed by atoms with Crippen molar-refractivity contribution in [3.8, 4) is 0 Å². The molecule has 0 aliphatic carbocycles. The number of nitro groups is 1. The van der Waals surface area contributed by atoms with Gasteiger partial charge in [-0.1, -0.05) is 11.6 Å². The summed E-state index contributed by atoms with van der Waals surface area (Å²) in [4.78, 5) is 26.5. The third kappa shape index (κ3) is 2.66. The third-order valence-electron chi connectivity index (χ3n) is 1.99. The van der Waals surface area contributed by atoms with Crippen molar-refractivity contribution in [2.45, 2.75) is 6.42 Å². The molecule has 0 saturated heterocycles. The minimum absolute atomic E-state index is 0.0639. The lowest BCUT2D eigenvalue weighted by Crippen LogP contribution is -2.23. The van der Waals surface area contributed by atoms with Crippen LogP contribution < -0.4 is 0 Å². The zero-order valence-electron chi connectivity index (χ0n) is 8.81. The van der Waals surface area contributed by atoms with Gasteiger partial charge < -0.3 is 4.90 Å². The average molecular weight is 244 g/mol. The summed E-state index contributed by atoms with van der Waals surface area (Å²) in [5, 5.41) is 10.6. The van der Waals surface area contributed by atoms with Crippen LogP contribution in [-0.4, -0.2) is 34.8 Å². The zero-order valence-corrected chi connectivity index (χ0v) is 9.56. The van der Waals surface area contributed by atoms with Crippen LogP contribution in [0, 0.1) is 10.1 Å². The summed E-state index contributed by atoms with van der Waals surface area (Å²) in [6.07, 6.45) is 1.28. The van der Waals surface area contributed by atoms with Crippen molar-refractivity contribution in [2.24, 2.45) is 0 Å². The van der Waals surface area contributed by atoms with Crippen molar-refractivity contribution < 1.29 is 9.72 Å². The van der Waals surface area contributed by atoms with Crippen LogP contribution in [0.2, 0.25) is 5.15 Å². The molecule has 1 amide bonds. The highest BCUT2D eigenvalue weighted by atomic mass is 35.5. The van der Waals surface area contributed by atoms with Crippen molar-refractivity contribution in [3.63, 3.8) is 0 Å². The number of halogens is 1. The highest BCUT2D eigenvalue weighted by molar-refractivity contribution is 6.31. The van der Waals surface area contributed by atoms with Gasteiger partial charge in [0.05, 0.1) is 11.3 Å². The maximum absolute atomic E-state index is 11.4. The summed E-state index contributed by atoms with van der Waals surface area (Å²) in [6, 6.07) is 1.42. The molecule has 0 aliphatic heterocycles. The van der Waals surface area contributed by atoms with Crippen LogP contribution in [0.3, 0.4) is 0 Å². The lowest BCUT2D eigenvalue weighted by molar-refractivity contribution is -0.385. The summed E-state index contributed by atoms with van der Waals surface area (Å²) in [5.74, 6) is -0.231. The summed E-state index contributed by atoms with van der Waals surface area (Å²) in [7, 11) is 3.16. The molecule has 0 bridgehead atoms. The third-order valence-corrected chi connectivity index (χ3v) is 2.26. The first kappa shape index (κ1) is 12.4. The second-order valence-electron chi connectivity index (χ2n) is 3.33. The Morgan fingerprint density at radius 3 is 2.75 bits per heavy atom. The number of aromatic nitrogens is 1. The van der Waals surface area contributed by atoms with E-state index in [0.717, 1.165) is 0 Å². The minimum atomic E-state index is -0.631. The van der Waals surface area contributed by atoms with E-state index in [1.807, 2.05) is 0 Å². The van der Waals surface area contributed by atoms with Crippen molar-refractivity contribution >= 4 is 23.2 Å². The lowest BCUT2D eigenvalue weighted by atomic mass is 10.1. The predicted molar refractivity (Wildman–Crippen MR) is 58.3 cm³/mol. The van der Waals surface area contributed by atoms with Gasteiger partial charge in [-0.2, -0.15) is 0 Å². The molecule has 1 rings (SSSR count). The first-order valence-corrected chi connectivity index (χ1v) is 4.79. The first-order chi connectivity index (χ1) is 7.43. The number of amides is 1. The van der Waals surface area contributed by atoms with Crippen LogP contribution in [0.1, 0.15) is 5.56 Å². The fraction of sp³-hybridized carbons (Fsp3) is 0.333. The van der Waals surface area contributed by atoms with Gasteiger partial charge in [-0.15, -0.1) is 0 Å². The fourth-order valence-corrected chi connectivity index (χ4v) is 1.37. The summed E-state index contributed by atoms with van der Waals surface area (Å²) in [6.45, 7) is 0. The molecule has 0 fully saturated rings. The Morgan fingerprint density at radius 2 is 2.25 bits per heavy atom. The van der Waals surface area contributed by atoms with E-state index < -0.39 is 4.92 Å². The Morgan fingerprint density at radius 1 is 1.62 bits per heavy atom. The van der Waals surface area contributed by atoms with Crippen molar-refractivity contribution in [1.82, 2.24) is 9.88 Å². The van der Waals surface area contributed by atoms with Gasteiger partial charge in [0.2, 0.25) is 11.1 Å². The van der Waals surface area contributed by atoms with Gasteiger partial charge in [0.25, 0.3) is 0 Å². The highest BCUT2D eigenvalue weighted by Gasteiger charge is 2.21. The number of nitrogens with zero attached hydrogens (tertiary/aromatic N) is 3. The van der Waals surface area contributed by atoms with Gasteiger partial charge in [-0.05, 0) is 6.07 Å². The molecule has 0 spiro atoms. The number of carbonyl (C=O) groups excluding carboxylic acids is 1. The first-order valence-electron chi connectivity index (χ1n) is 4.41. The molecular formula is C9H10ClN3O3. The van der Waals surface area contributed by atoms with Crippen LogP contribution in [0.25, 0.3) is 0 Å². The quantitative estimate of drug-likeness (QED) is 0.455. The van der Waals surface area contributed by atoms with Gasteiger partial charge in [0.1, 0.15) is 0 Å². The van der Waals surface area contributed by atoms with E-state index in [-0.39, 0.29) is 28.7 Å². The maximum atomic E-state index is 11.4. The molecule has 0 saturated carbocycles. The molecule has 86 valence electrons. The Bertz CT molecular complexity index is 434. The molecule has 0 unspecified atom stereocenters. The number of carbonyl (C=O) groups is 1. The van der Waals surface area contributed by atoms with Gasteiger partial charge >= 0.3 is 5.69 Å². The van der Waals surface area contributed by atoms with Crippen molar-refractivity contribution in [3.05, 3.63) is 33.1 Å². The topological polar surface area (TPSA) is 76.3 Å². The van der Waals surface area contributed by atoms with Crippen molar-refractivity contribution in [1.29, 1.82) is 0 Å². The van der Waals surface area contributed by atoms with E-state index >= 15 is 0 Å². The van der Waals surface area contributed by atoms with Gasteiger partial charge in [-0.25, -0.2) is 4.98 Å². The molecule has 6 nitrogen and oxygen atoms in total. The molecule has 16 heavy (non-hydrogen) atoms. The number of hydrogen-bond acceptors (Lipinski definition) is 4. The molecule has 0 N–H and O–H groups in total. The van der Waals surface area contributed by atoms with E-state index in [1.54, 1.807) is 14.1 Å². The molecule has 0 aromatic carbocycles. The van der Waals surface area contributed by atoms with Crippen LogP contribution in [0.4, 0.5) is 5.69 Å².